The van der Waals surface area contributed by atoms with Gasteiger partial charge in [0.15, 0.2) is 0 Å². The predicted molar refractivity (Wildman–Crippen MR) is 66.4 cm³/mol. The number of para-hydroxylation sites is 1. The molecule has 0 amide bonds. The van der Waals surface area contributed by atoms with Crippen LogP contribution in [-0.4, -0.2) is 28.2 Å². The molecule has 4 nitrogen and oxygen atoms in total. The molecular weight excluding hydrogens is 243 g/mol. The maximum atomic E-state index is 11.9. The lowest BCUT2D eigenvalue weighted by atomic mass is 10.3. The van der Waals surface area contributed by atoms with E-state index in [1.807, 2.05) is 6.92 Å². The number of hydrogen-bond donors (Lipinski definition) is 2. The topological polar surface area (TPSA) is 58.2 Å². The highest BCUT2D eigenvalue weighted by Crippen LogP contribution is 2.20. The minimum atomic E-state index is -3.56. The van der Waals surface area contributed by atoms with Crippen molar-refractivity contribution < 1.29 is 12.8 Å². The van der Waals surface area contributed by atoms with Crippen LogP contribution < -0.4 is 10.0 Å². The standard InChI is InChI=1S/C11H17FN2O2S/c1-2-13-10-6-3-4-7-11(10)17(15,16)14-9-5-8-12/h3-4,6-7,13-14H,2,5,8-9H2,1H3. The Labute approximate surface area is 101 Å². The molecule has 0 aromatic heterocycles. The summed E-state index contributed by atoms with van der Waals surface area (Å²) >= 11 is 0. The van der Waals surface area contributed by atoms with Crippen molar-refractivity contribution in [2.75, 3.05) is 25.1 Å². The van der Waals surface area contributed by atoms with E-state index in [1.54, 1.807) is 18.2 Å². The van der Waals surface area contributed by atoms with E-state index in [2.05, 4.69) is 10.0 Å². The number of benzene rings is 1. The lowest BCUT2D eigenvalue weighted by Crippen LogP contribution is -2.26. The maximum Gasteiger partial charge on any atom is 0.242 e. The fourth-order valence-electron chi connectivity index (χ4n) is 1.39. The van der Waals surface area contributed by atoms with Gasteiger partial charge in [-0.25, -0.2) is 13.1 Å². The zero-order valence-electron chi connectivity index (χ0n) is 9.74. The number of nitrogens with one attached hydrogen (secondary N) is 2. The highest BCUT2D eigenvalue weighted by atomic mass is 32.2. The summed E-state index contributed by atoms with van der Waals surface area (Å²) in [4.78, 5) is 0.195. The van der Waals surface area contributed by atoms with Crippen LogP contribution in [-0.2, 0) is 10.0 Å². The van der Waals surface area contributed by atoms with E-state index in [0.29, 0.717) is 12.2 Å². The molecule has 0 saturated heterocycles. The molecule has 0 spiro atoms. The van der Waals surface area contributed by atoms with Gasteiger partial charge in [0.2, 0.25) is 10.0 Å². The van der Waals surface area contributed by atoms with Crippen LogP contribution in [0.25, 0.3) is 0 Å². The van der Waals surface area contributed by atoms with Gasteiger partial charge in [0, 0.05) is 13.1 Å². The Morgan fingerprint density at radius 3 is 2.65 bits per heavy atom. The van der Waals surface area contributed by atoms with E-state index in [1.165, 1.54) is 6.07 Å². The second-order valence-corrected chi connectivity index (χ2v) is 5.20. The Balaban J connectivity index is 2.89. The second kappa shape index (κ2) is 6.56. The van der Waals surface area contributed by atoms with Crippen molar-refractivity contribution in [3.63, 3.8) is 0 Å². The Kier molecular flexibility index (Phi) is 5.37. The molecule has 0 fully saturated rings. The molecular formula is C11H17FN2O2S. The Hall–Kier alpha value is -1.14. The van der Waals surface area contributed by atoms with Crippen LogP contribution in [0.15, 0.2) is 29.2 Å². The molecule has 0 unspecified atom stereocenters. The van der Waals surface area contributed by atoms with Crippen molar-refractivity contribution in [2.24, 2.45) is 0 Å². The van der Waals surface area contributed by atoms with Crippen molar-refractivity contribution in [2.45, 2.75) is 18.2 Å². The van der Waals surface area contributed by atoms with Crippen molar-refractivity contribution >= 4 is 15.7 Å². The number of sulfonamides is 1. The summed E-state index contributed by atoms with van der Waals surface area (Å²) in [6.07, 6.45) is 0.183. The summed E-state index contributed by atoms with van der Waals surface area (Å²) < 4.78 is 38.1. The number of hydrogen-bond acceptors (Lipinski definition) is 3. The summed E-state index contributed by atoms with van der Waals surface area (Å²) in [5, 5.41) is 2.98. The maximum absolute atomic E-state index is 11.9. The average molecular weight is 260 g/mol. The molecule has 17 heavy (non-hydrogen) atoms. The summed E-state index contributed by atoms with van der Waals surface area (Å²) in [5.41, 5.74) is 0.558. The Morgan fingerprint density at radius 2 is 2.00 bits per heavy atom. The predicted octanol–water partition coefficient (Wildman–Crippen LogP) is 1.76. The van der Waals surface area contributed by atoms with Gasteiger partial charge < -0.3 is 5.32 Å². The number of halogens is 1. The lowest BCUT2D eigenvalue weighted by molar-refractivity contribution is 0.470. The zero-order valence-corrected chi connectivity index (χ0v) is 10.6. The average Bonchev–Trinajstić information content (AvgIpc) is 2.30. The van der Waals surface area contributed by atoms with Crippen LogP contribution in [0.1, 0.15) is 13.3 Å². The summed E-state index contributed by atoms with van der Waals surface area (Å²) in [6, 6.07) is 6.64. The third-order valence-corrected chi connectivity index (χ3v) is 3.67. The molecule has 0 atom stereocenters. The van der Waals surface area contributed by atoms with Gasteiger partial charge in [0.1, 0.15) is 4.90 Å². The fraction of sp³-hybridized carbons (Fsp3) is 0.455. The van der Waals surface area contributed by atoms with Gasteiger partial charge in [0.05, 0.1) is 12.4 Å². The van der Waals surface area contributed by atoms with Crippen molar-refractivity contribution in [1.82, 2.24) is 4.72 Å². The van der Waals surface area contributed by atoms with Crippen molar-refractivity contribution in [3.8, 4) is 0 Å². The molecule has 0 aliphatic carbocycles. The summed E-state index contributed by atoms with van der Waals surface area (Å²) in [7, 11) is -3.56. The second-order valence-electron chi connectivity index (χ2n) is 3.47. The van der Waals surface area contributed by atoms with Crippen LogP contribution >= 0.6 is 0 Å². The molecule has 6 heteroatoms. The molecule has 2 N–H and O–H groups in total. The van der Waals surface area contributed by atoms with Crippen molar-refractivity contribution in [1.29, 1.82) is 0 Å². The highest BCUT2D eigenvalue weighted by molar-refractivity contribution is 7.89. The molecule has 0 aliphatic heterocycles. The number of alkyl halides is 1. The first kappa shape index (κ1) is 13.9. The van der Waals surface area contributed by atoms with E-state index in [0.717, 1.165) is 0 Å². The molecule has 0 saturated carbocycles. The van der Waals surface area contributed by atoms with E-state index < -0.39 is 16.7 Å². The quantitative estimate of drug-likeness (QED) is 0.734. The molecule has 0 aliphatic rings. The first-order valence-corrected chi connectivity index (χ1v) is 6.98. The van der Waals surface area contributed by atoms with Crippen LogP contribution in [0.2, 0.25) is 0 Å². The fourth-order valence-corrected chi connectivity index (χ4v) is 2.64. The largest absolute Gasteiger partial charge is 0.384 e. The van der Waals surface area contributed by atoms with Gasteiger partial charge in [0.25, 0.3) is 0 Å². The summed E-state index contributed by atoms with van der Waals surface area (Å²) in [5.74, 6) is 0. The van der Waals surface area contributed by atoms with Gasteiger partial charge >= 0.3 is 0 Å². The van der Waals surface area contributed by atoms with Gasteiger partial charge in [-0.3, -0.25) is 4.39 Å². The number of anilines is 1. The smallest absolute Gasteiger partial charge is 0.242 e. The highest BCUT2D eigenvalue weighted by Gasteiger charge is 2.16. The first-order valence-electron chi connectivity index (χ1n) is 5.50. The van der Waals surface area contributed by atoms with Gasteiger partial charge in [-0.1, -0.05) is 12.1 Å². The van der Waals surface area contributed by atoms with Crippen LogP contribution in [0.5, 0.6) is 0 Å². The van der Waals surface area contributed by atoms with E-state index >= 15 is 0 Å². The van der Waals surface area contributed by atoms with Gasteiger partial charge in [-0.05, 0) is 25.5 Å². The molecule has 0 radical (unpaired) electrons. The third-order valence-electron chi connectivity index (χ3n) is 2.15. The minimum absolute atomic E-state index is 0.110. The Morgan fingerprint density at radius 1 is 1.29 bits per heavy atom. The monoisotopic (exact) mass is 260 g/mol. The van der Waals surface area contributed by atoms with Crippen molar-refractivity contribution in [3.05, 3.63) is 24.3 Å². The Bertz CT molecular complexity index is 449. The zero-order chi connectivity index (χ0) is 12.7. The molecule has 0 heterocycles. The lowest BCUT2D eigenvalue weighted by Gasteiger charge is -2.11. The minimum Gasteiger partial charge on any atom is -0.384 e. The van der Waals surface area contributed by atoms with E-state index in [9.17, 15) is 12.8 Å². The first-order chi connectivity index (χ1) is 8.11. The SMILES string of the molecule is CCNc1ccccc1S(=O)(=O)NCCCF. The number of rotatable bonds is 7. The third kappa shape index (κ3) is 3.98. The molecule has 1 rings (SSSR count). The summed E-state index contributed by atoms with van der Waals surface area (Å²) in [6.45, 7) is 2.10. The van der Waals surface area contributed by atoms with E-state index in [-0.39, 0.29) is 17.9 Å². The van der Waals surface area contributed by atoms with Crippen LogP contribution in [0.4, 0.5) is 10.1 Å². The van der Waals surface area contributed by atoms with Crippen LogP contribution in [0, 0.1) is 0 Å². The van der Waals surface area contributed by atoms with Gasteiger partial charge in [-0.15, -0.1) is 0 Å². The van der Waals surface area contributed by atoms with Gasteiger partial charge in [-0.2, -0.15) is 0 Å². The molecule has 0 bridgehead atoms. The molecule has 1 aromatic rings. The van der Waals surface area contributed by atoms with E-state index in [4.69, 9.17) is 0 Å². The molecule has 96 valence electrons. The normalized spacial score (nSPS) is 11.4. The van der Waals surface area contributed by atoms with Crippen LogP contribution in [0.3, 0.4) is 0 Å². The molecule has 1 aromatic carbocycles.